The van der Waals surface area contributed by atoms with Gasteiger partial charge in [0.25, 0.3) is 0 Å². The molecule has 5 heteroatoms. The summed E-state index contributed by atoms with van der Waals surface area (Å²) >= 11 is 0. The maximum atomic E-state index is 13.7. The smallest absolute Gasteiger partial charge is 0.336 e. The molecule has 0 bridgehead atoms. The zero-order chi connectivity index (χ0) is 14.0. The molecule has 3 nitrogen and oxygen atoms in total. The highest BCUT2D eigenvalue weighted by Crippen LogP contribution is 2.31. The lowest BCUT2D eigenvalue weighted by molar-refractivity contribution is 0.0697. The minimum absolute atomic E-state index is 0.0242. The van der Waals surface area contributed by atoms with Gasteiger partial charge in [-0.05, 0) is 30.3 Å². The number of ether oxygens (including phenoxy) is 1. The fourth-order valence-corrected chi connectivity index (χ4v) is 1.80. The van der Waals surface area contributed by atoms with Gasteiger partial charge in [0.05, 0.1) is 18.2 Å². The normalized spacial score (nSPS) is 10.3. The van der Waals surface area contributed by atoms with E-state index in [1.165, 1.54) is 31.4 Å². The maximum absolute atomic E-state index is 13.7. The summed E-state index contributed by atoms with van der Waals surface area (Å²) in [4.78, 5) is 11.2. The molecule has 0 fully saturated rings. The highest BCUT2D eigenvalue weighted by molar-refractivity contribution is 5.96. The molecule has 0 radical (unpaired) electrons. The van der Waals surface area contributed by atoms with Crippen molar-refractivity contribution < 1.29 is 23.4 Å². The number of hydrogen-bond donors (Lipinski definition) is 1. The van der Waals surface area contributed by atoms with E-state index in [2.05, 4.69) is 0 Å². The summed E-state index contributed by atoms with van der Waals surface area (Å²) in [5.74, 6) is -2.60. The van der Waals surface area contributed by atoms with E-state index in [1.807, 2.05) is 0 Å². The van der Waals surface area contributed by atoms with Gasteiger partial charge in [-0.15, -0.1) is 0 Å². The molecule has 0 aliphatic heterocycles. The molecule has 0 unspecified atom stereocenters. The van der Waals surface area contributed by atoms with Crippen LogP contribution >= 0.6 is 0 Å². The van der Waals surface area contributed by atoms with Crippen LogP contribution in [0.3, 0.4) is 0 Å². The molecule has 0 aromatic heterocycles. The molecular formula is C14H10F2O3. The molecule has 2 rings (SSSR count). The number of carboxylic acids is 1. The number of carboxylic acid groups (broad SMARTS) is 1. The highest BCUT2D eigenvalue weighted by atomic mass is 19.1. The van der Waals surface area contributed by atoms with Crippen molar-refractivity contribution >= 4 is 5.97 Å². The zero-order valence-corrected chi connectivity index (χ0v) is 9.98. The van der Waals surface area contributed by atoms with Gasteiger partial charge >= 0.3 is 5.97 Å². The monoisotopic (exact) mass is 264 g/mol. The lowest BCUT2D eigenvalue weighted by atomic mass is 9.98. The second-order valence-corrected chi connectivity index (χ2v) is 3.81. The Balaban J connectivity index is 2.72. The van der Waals surface area contributed by atoms with E-state index in [4.69, 9.17) is 9.84 Å². The Morgan fingerprint density at radius 3 is 2.32 bits per heavy atom. The molecule has 0 heterocycles. The molecule has 0 atom stereocenters. The van der Waals surface area contributed by atoms with Gasteiger partial charge in [-0.3, -0.25) is 0 Å². The van der Waals surface area contributed by atoms with Gasteiger partial charge in [-0.25, -0.2) is 13.6 Å². The molecule has 0 aliphatic rings. The second kappa shape index (κ2) is 5.06. The first-order chi connectivity index (χ1) is 9.04. The Bertz CT molecular complexity index is 618. The lowest BCUT2D eigenvalue weighted by Crippen LogP contribution is -2.02. The fourth-order valence-electron chi connectivity index (χ4n) is 1.80. The quantitative estimate of drug-likeness (QED) is 0.924. The number of hydrogen-bond acceptors (Lipinski definition) is 2. The van der Waals surface area contributed by atoms with E-state index in [1.54, 1.807) is 0 Å². The number of methoxy groups -OCH3 is 1. The van der Waals surface area contributed by atoms with Crippen molar-refractivity contribution in [1.82, 2.24) is 0 Å². The molecule has 0 saturated carbocycles. The molecule has 0 spiro atoms. The predicted octanol–water partition coefficient (Wildman–Crippen LogP) is 3.34. The molecule has 19 heavy (non-hydrogen) atoms. The van der Waals surface area contributed by atoms with Crippen LogP contribution in [-0.2, 0) is 0 Å². The van der Waals surface area contributed by atoms with Crippen molar-refractivity contribution in [2.45, 2.75) is 0 Å². The molecule has 2 aromatic rings. The third-order valence-electron chi connectivity index (χ3n) is 2.69. The third kappa shape index (κ3) is 2.40. The lowest BCUT2D eigenvalue weighted by Gasteiger charge is -2.10. The van der Waals surface area contributed by atoms with Crippen LogP contribution in [0, 0.1) is 11.6 Å². The SMILES string of the molecule is COc1ccc(-c2c(F)cccc2F)c(C(=O)O)c1. The first kappa shape index (κ1) is 13.0. The number of rotatable bonds is 3. The van der Waals surface area contributed by atoms with E-state index in [-0.39, 0.29) is 16.7 Å². The summed E-state index contributed by atoms with van der Waals surface area (Å²) in [6, 6.07) is 7.38. The molecule has 0 aliphatic carbocycles. The molecule has 2 aromatic carbocycles. The molecule has 1 N–H and O–H groups in total. The second-order valence-electron chi connectivity index (χ2n) is 3.81. The Labute approximate surface area is 108 Å². The summed E-state index contributed by atoms with van der Waals surface area (Å²) in [5, 5.41) is 9.13. The van der Waals surface area contributed by atoms with E-state index in [0.29, 0.717) is 5.75 Å². The van der Waals surface area contributed by atoms with Crippen LogP contribution in [0.4, 0.5) is 8.78 Å². The van der Waals surface area contributed by atoms with Gasteiger partial charge in [0.15, 0.2) is 0 Å². The first-order valence-corrected chi connectivity index (χ1v) is 5.40. The Morgan fingerprint density at radius 1 is 1.16 bits per heavy atom. The minimum Gasteiger partial charge on any atom is -0.497 e. The van der Waals surface area contributed by atoms with E-state index in [9.17, 15) is 13.6 Å². The summed E-state index contributed by atoms with van der Waals surface area (Å²) in [6.07, 6.45) is 0. The van der Waals surface area contributed by atoms with Crippen molar-refractivity contribution in [3.63, 3.8) is 0 Å². The van der Waals surface area contributed by atoms with Crippen LogP contribution in [0.1, 0.15) is 10.4 Å². The van der Waals surface area contributed by atoms with Crippen LogP contribution in [-0.4, -0.2) is 18.2 Å². The third-order valence-corrected chi connectivity index (χ3v) is 2.69. The van der Waals surface area contributed by atoms with Crippen molar-refractivity contribution in [3.05, 3.63) is 53.6 Å². The van der Waals surface area contributed by atoms with Crippen LogP contribution in [0.2, 0.25) is 0 Å². The van der Waals surface area contributed by atoms with Crippen LogP contribution < -0.4 is 4.74 Å². The van der Waals surface area contributed by atoms with Crippen LogP contribution in [0.5, 0.6) is 5.75 Å². The zero-order valence-electron chi connectivity index (χ0n) is 9.98. The minimum atomic E-state index is -1.28. The Kier molecular flexibility index (Phi) is 3.46. The van der Waals surface area contributed by atoms with Gasteiger partial charge < -0.3 is 9.84 Å². The van der Waals surface area contributed by atoms with E-state index >= 15 is 0 Å². The molecular weight excluding hydrogens is 254 g/mol. The summed E-state index contributed by atoms with van der Waals surface area (Å²) in [5.41, 5.74) is -0.602. The van der Waals surface area contributed by atoms with Gasteiger partial charge in [0.1, 0.15) is 17.4 Å². The van der Waals surface area contributed by atoms with Gasteiger partial charge in [-0.1, -0.05) is 6.07 Å². The summed E-state index contributed by atoms with van der Waals surface area (Å²) in [7, 11) is 1.38. The highest BCUT2D eigenvalue weighted by Gasteiger charge is 2.18. The topological polar surface area (TPSA) is 46.5 Å². The number of aromatic carboxylic acids is 1. The van der Waals surface area contributed by atoms with Gasteiger partial charge in [-0.2, -0.15) is 0 Å². The van der Waals surface area contributed by atoms with Crippen molar-refractivity contribution in [2.24, 2.45) is 0 Å². The van der Waals surface area contributed by atoms with Crippen molar-refractivity contribution in [2.75, 3.05) is 7.11 Å². The Morgan fingerprint density at radius 2 is 1.79 bits per heavy atom. The van der Waals surface area contributed by atoms with Crippen molar-refractivity contribution in [3.8, 4) is 16.9 Å². The molecule has 98 valence electrons. The number of halogens is 2. The van der Waals surface area contributed by atoms with Gasteiger partial charge in [0.2, 0.25) is 0 Å². The predicted molar refractivity (Wildman–Crippen MR) is 65.3 cm³/mol. The summed E-state index contributed by atoms with van der Waals surface area (Å²) < 4.78 is 32.3. The van der Waals surface area contributed by atoms with E-state index < -0.39 is 17.6 Å². The first-order valence-electron chi connectivity index (χ1n) is 5.40. The van der Waals surface area contributed by atoms with Crippen LogP contribution in [0.15, 0.2) is 36.4 Å². The summed E-state index contributed by atoms with van der Waals surface area (Å²) in [6.45, 7) is 0. The van der Waals surface area contributed by atoms with Crippen molar-refractivity contribution in [1.29, 1.82) is 0 Å². The van der Waals surface area contributed by atoms with E-state index in [0.717, 1.165) is 12.1 Å². The largest absolute Gasteiger partial charge is 0.497 e. The maximum Gasteiger partial charge on any atom is 0.336 e. The standard InChI is InChI=1S/C14H10F2O3/c1-19-8-5-6-9(10(7-8)14(17)18)13-11(15)3-2-4-12(13)16/h2-7H,1H3,(H,17,18). The fraction of sp³-hybridized carbons (Fsp3) is 0.0714. The van der Waals surface area contributed by atoms with Crippen LogP contribution in [0.25, 0.3) is 11.1 Å². The average Bonchev–Trinajstić information content (AvgIpc) is 2.38. The Hall–Kier alpha value is -2.43. The number of benzene rings is 2. The molecule has 0 saturated heterocycles. The van der Waals surface area contributed by atoms with Gasteiger partial charge in [0, 0.05) is 5.56 Å². The average molecular weight is 264 g/mol. The molecule has 0 amide bonds. The number of carbonyl (C=O) groups is 1.